The maximum absolute atomic E-state index is 11.8. The SMILES string of the molecule is COC[C@@H](C)NC(=O)c1ccc(Cl)c([N+](=O)[O-])c1. The molecule has 0 heterocycles. The molecule has 0 saturated heterocycles. The molecule has 0 unspecified atom stereocenters. The Kier molecular flexibility index (Phi) is 5.06. The lowest BCUT2D eigenvalue weighted by Crippen LogP contribution is -2.35. The van der Waals surface area contributed by atoms with Crippen molar-refractivity contribution in [1.82, 2.24) is 5.32 Å². The summed E-state index contributed by atoms with van der Waals surface area (Å²) in [7, 11) is 1.52. The molecule has 1 N–H and O–H groups in total. The fourth-order valence-corrected chi connectivity index (χ4v) is 1.58. The second-order valence-electron chi connectivity index (χ2n) is 3.75. The van der Waals surface area contributed by atoms with Gasteiger partial charge in [-0.05, 0) is 19.1 Å². The topological polar surface area (TPSA) is 81.5 Å². The highest BCUT2D eigenvalue weighted by molar-refractivity contribution is 6.32. The summed E-state index contributed by atoms with van der Waals surface area (Å²) in [4.78, 5) is 21.8. The molecule has 0 saturated carbocycles. The number of benzene rings is 1. The predicted molar refractivity (Wildman–Crippen MR) is 66.9 cm³/mol. The van der Waals surface area contributed by atoms with E-state index in [0.29, 0.717) is 6.61 Å². The minimum Gasteiger partial charge on any atom is -0.383 e. The zero-order valence-corrected chi connectivity index (χ0v) is 10.7. The summed E-state index contributed by atoms with van der Waals surface area (Å²) < 4.78 is 4.88. The van der Waals surface area contributed by atoms with Crippen LogP contribution in [0.15, 0.2) is 18.2 Å². The Hall–Kier alpha value is -1.66. The molecule has 0 aromatic heterocycles. The standard InChI is InChI=1S/C11H13ClN2O4/c1-7(6-18-2)13-11(15)8-3-4-9(12)10(5-8)14(16)17/h3-5,7H,6H2,1-2H3,(H,13,15)/t7-/m1/s1. The fourth-order valence-electron chi connectivity index (χ4n) is 1.39. The van der Waals surface area contributed by atoms with E-state index < -0.39 is 10.8 Å². The quantitative estimate of drug-likeness (QED) is 0.657. The predicted octanol–water partition coefficient (Wildman–Crippen LogP) is 2.01. The molecule has 1 rings (SSSR count). The van der Waals surface area contributed by atoms with Gasteiger partial charge in [-0.1, -0.05) is 11.6 Å². The summed E-state index contributed by atoms with van der Waals surface area (Å²) in [5, 5.41) is 13.3. The third-order valence-corrected chi connectivity index (χ3v) is 2.52. The maximum atomic E-state index is 11.8. The van der Waals surface area contributed by atoms with E-state index in [1.54, 1.807) is 6.92 Å². The van der Waals surface area contributed by atoms with Crippen LogP contribution < -0.4 is 5.32 Å². The molecule has 6 nitrogen and oxygen atoms in total. The minimum absolute atomic E-state index is 0.00138. The summed E-state index contributed by atoms with van der Waals surface area (Å²) in [6.07, 6.45) is 0. The molecule has 0 bridgehead atoms. The van der Waals surface area contributed by atoms with Gasteiger partial charge in [0, 0.05) is 24.8 Å². The molecule has 1 amide bonds. The molecule has 0 aliphatic rings. The highest BCUT2D eigenvalue weighted by Crippen LogP contribution is 2.24. The van der Waals surface area contributed by atoms with Gasteiger partial charge < -0.3 is 10.1 Å². The van der Waals surface area contributed by atoms with Crippen LogP contribution in [0.5, 0.6) is 0 Å². The van der Waals surface area contributed by atoms with Crippen LogP contribution in [0.1, 0.15) is 17.3 Å². The number of nitrogens with zero attached hydrogens (tertiary/aromatic N) is 1. The summed E-state index contributed by atoms with van der Waals surface area (Å²) in [6.45, 7) is 2.13. The van der Waals surface area contributed by atoms with Crippen LogP contribution in [0, 0.1) is 10.1 Å². The number of carbonyl (C=O) groups is 1. The van der Waals surface area contributed by atoms with Crippen molar-refractivity contribution in [3.8, 4) is 0 Å². The Labute approximate surface area is 109 Å². The van der Waals surface area contributed by atoms with Gasteiger partial charge in [-0.3, -0.25) is 14.9 Å². The lowest BCUT2D eigenvalue weighted by Gasteiger charge is -2.12. The second-order valence-corrected chi connectivity index (χ2v) is 4.16. The molecule has 98 valence electrons. The number of carbonyl (C=O) groups excluding carboxylic acids is 1. The third-order valence-electron chi connectivity index (χ3n) is 2.20. The molecule has 1 atom stereocenters. The number of nitro benzene ring substituents is 1. The van der Waals surface area contributed by atoms with E-state index in [-0.39, 0.29) is 22.3 Å². The van der Waals surface area contributed by atoms with Gasteiger partial charge in [0.05, 0.1) is 11.5 Å². The number of nitrogens with one attached hydrogen (secondary N) is 1. The molecule has 0 spiro atoms. The average Bonchev–Trinajstić information content (AvgIpc) is 2.29. The zero-order chi connectivity index (χ0) is 13.7. The van der Waals surface area contributed by atoms with Crippen molar-refractivity contribution in [2.24, 2.45) is 0 Å². The van der Waals surface area contributed by atoms with Crippen LogP contribution in [0.25, 0.3) is 0 Å². The molecule has 0 radical (unpaired) electrons. The maximum Gasteiger partial charge on any atom is 0.288 e. The molecule has 18 heavy (non-hydrogen) atoms. The number of amides is 1. The number of rotatable bonds is 5. The van der Waals surface area contributed by atoms with Gasteiger partial charge in [0.1, 0.15) is 5.02 Å². The third kappa shape index (κ3) is 3.68. The van der Waals surface area contributed by atoms with Crippen molar-refractivity contribution in [2.75, 3.05) is 13.7 Å². The fraction of sp³-hybridized carbons (Fsp3) is 0.364. The molecule has 1 aromatic rings. The number of hydrogen-bond acceptors (Lipinski definition) is 4. The van der Waals surface area contributed by atoms with Gasteiger partial charge >= 0.3 is 0 Å². The van der Waals surface area contributed by atoms with Crippen LogP contribution in [0.3, 0.4) is 0 Å². The average molecular weight is 273 g/mol. The lowest BCUT2D eigenvalue weighted by molar-refractivity contribution is -0.384. The minimum atomic E-state index is -0.627. The first-order valence-corrected chi connectivity index (χ1v) is 5.57. The van der Waals surface area contributed by atoms with Gasteiger partial charge in [-0.25, -0.2) is 0 Å². The van der Waals surface area contributed by atoms with Crippen LogP contribution in [-0.4, -0.2) is 30.6 Å². The number of nitro groups is 1. The van der Waals surface area contributed by atoms with E-state index >= 15 is 0 Å². The van der Waals surface area contributed by atoms with E-state index in [1.165, 1.54) is 19.2 Å². The Balaban J connectivity index is 2.87. The highest BCUT2D eigenvalue weighted by atomic mass is 35.5. The first-order valence-electron chi connectivity index (χ1n) is 5.19. The van der Waals surface area contributed by atoms with Crippen LogP contribution in [-0.2, 0) is 4.74 Å². The summed E-state index contributed by atoms with van der Waals surface area (Å²) >= 11 is 5.66. The molecular formula is C11H13ClN2O4. The second kappa shape index (κ2) is 6.32. The van der Waals surface area contributed by atoms with E-state index in [1.807, 2.05) is 0 Å². The van der Waals surface area contributed by atoms with E-state index in [9.17, 15) is 14.9 Å². The van der Waals surface area contributed by atoms with Crippen LogP contribution in [0.4, 0.5) is 5.69 Å². The number of ether oxygens (including phenoxy) is 1. The van der Waals surface area contributed by atoms with Gasteiger partial charge in [0.2, 0.25) is 0 Å². The van der Waals surface area contributed by atoms with E-state index in [0.717, 1.165) is 6.07 Å². The molecular weight excluding hydrogens is 260 g/mol. The first-order chi connectivity index (χ1) is 8.45. The lowest BCUT2D eigenvalue weighted by atomic mass is 10.2. The summed E-state index contributed by atoms with van der Waals surface area (Å²) in [6, 6.07) is 3.73. The van der Waals surface area contributed by atoms with Crippen molar-refractivity contribution >= 4 is 23.2 Å². The van der Waals surface area contributed by atoms with E-state index in [2.05, 4.69) is 5.32 Å². The Bertz CT molecular complexity index is 464. The molecule has 0 aliphatic carbocycles. The summed E-state index contributed by atoms with van der Waals surface area (Å²) in [5.74, 6) is -0.403. The van der Waals surface area contributed by atoms with Crippen molar-refractivity contribution in [2.45, 2.75) is 13.0 Å². The number of methoxy groups -OCH3 is 1. The van der Waals surface area contributed by atoms with E-state index in [4.69, 9.17) is 16.3 Å². The van der Waals surface area contributed by atoms with Crippen molar-refractivity contribution in [3.63, 3.8) is 0 Å². The number of halogens is 1. The molecule has 7 heteroatoms. The summed E-state index contributed by atoms with van der Waals surface area (Å²) in [5.41, 5.74) is -0.0993. The van der Waals surface area contributed by atoms with Crippen molar-refractivity contribution in [1.29, 1.82) is 0 Å². The van der Waals surface area contributed by atoms with Gasteiger partial charge in [0.25, 0.3) is 11.6 Å². The van der Waals surface area contributed by atoms with Crippen LogP contribution >= 0.6 is 11.6 Å². The monoisotopic (exact) mass is 272 g/mol. The zero-order valence-electron chi connectivity index (χ0n) is 9.97. The Morgan fingerprint density at radius 2 is 2.28 bits per heavy atom. The normalized spacial score (nSPS) is 11.9. The smallest absolute Gasteiger partial charge is 0.288 e. The Morgan fingerprint density at radius 3 is 2.83 bits per heavy atom. The molecule has 0 fully saturated rings. The molecule has 1 aromatic carbocycles. The highest BCUT2D eigenvalue weighted by Gasteiger charge is 2.17. The number of hydrogen-bond donors (Lipinski definition) is 1. The van der Waals surface area contributed by atoms with Gasteiger partial charge in [-0.2, -0.15) is 0 Å². The van der Waals surface area contributed by atoms with Crippen LogP contribution in [0.2, 0.25) is 5.02 Å². The van der Waals surface area contributed by atoms with Gasteiger partial charge in [-0.15, -0.1) is 0 Å². The molecule has 0 aliphatic heterocycles. The largest absolute Gasteiger partial charge is 0.383 e. The van der Waals surface area contributed by atoms with Crippen molar-refractivity contribution < 1.29 is 14.5 Å². The van der Waals surface area contributed by atoms with Crippen molar-refractivity contribution in [3.05, 3.63) is 38.9 Å². The van der Waals surface area contributed by atoms with Gasteiger partial charge in [0.15, 0.2) is 0 Å². The Morgan fingerprint density at radius 1 is 1.61 bits per heavy atom. The first kappa shape index (κ1) is 14.4.